The topological polar surface area (TPSA) is 84.6 Å². The zero-order valence-corrected chi connectivity index (χ0v) is 26.8. The highest BCUT2D eigenvalue weighted by Crippen LogP contribution is 2.42. The summed E-state index contributed by atoms with van der Waals surface area (Å²) in [7, 11) is 0. The van der Waals surface area contributed by atoms with Crippen LogP contribution in [0.25, 0.3) is 17.1 Å². The van der Waals surface area contributed by atoms with Crippen LogP contribution >= 0.6 is 11.8 Å². The fourth-order valence-electron chi connectivity index (χ4n) is 5.96. The van der Waals surface area contributed by atoms with Crippen molar-refractivity contribution < 1.29 is 22.7 Å². The number of aromatic nitrogens is 3. The van der Waals surface area contributed by atoms with Gasteiger partial charge in [-0.05, 0) is 79.6 Å². The number of benzene rings is 3. The molecule has 4 aromatic rings. The van der Waals surface area contributed by atoms with Crippen LogP contribution in [0.4, 0.5) is 23.7 Å². The Labute approximate surface area is 270 Å². The minimum absolute atomic E-state index is 0.00832. The van der Waals surface area contributed by atoms with E-state index in [0.717, 1.165) is 40.6 Å². The maximum atomic E-state index is 13.1. The van der Waals surface area contributed by atoms with Crippen molar-refractivity contribution in [1.29, 1.82) is 0 Å². The van der Waals surface area contributed by atoms with Crippen molar-refractivity contribution in [3.63, 3.8) is 0 Å². The number of nitrogens with zero attached hydrogens (tertiary/aromatic N) is 5. The predicted octanol–water partition coefficient (Wildman–Crippen LogP) is 8.22. The molecule has 240 valence electrons. The summed E-state index contributed by atoms with van der Waals surface area (Å²) in [5, 5.41) is 8.32. The number of aryl methyl sites for hydroxylation is 1. The molecule has 2 fully saturated rings. The highest BCUT2D eigenvalue weighted by molar-refractivity contribution is 8.14. The van der Waals surface area contributed by atoms with Gasteiger partial charge in [0.25, 0.3) is 0 Å². The average molecular weight is 649 g/mol. The summed E-state index contributed by atoms with van der Waals surface area (Å²) in [4.78, 5) is 24.3. The van der Waals surface area contributed by atoms with Crippen LogP contribution in [0, 0.1) is 6.92 Å². The van der Waals surface area contributed by atoms with Gasteiger partial charge in [-0.15, -0.1) is 18.3 Å². The Hall–Kier alpha value is -4.32. The number of alkyl halides is 3. The summed E-state index contributed by atoms with van der Waals surface area (Å²) in [6.45, 7) is 8.72. The quantitative estimate of drug-likeness (QED) is 0.217. The van der Waals surface area contributed by atoms with E-state index in [1.54, 1.807) is 11.8 Å². The molecule has 0 radical (unpaired) electrons. The van der Waals surface area contributed by atoms with Gasteiger partial charge in [0.2, 0.25) is 0 Å². The van der Waals surface area contributed by atoms with E-state index in [0.29, 0.717) is 17.4 Å². The maximum Gasteiger partial charge on any atom is 0.573 e. The Morgan fingerprint density at radius 2 is 1.83 bits per heavy atom. The van der Waals surface area contributed by atoms with E-state index in [2.05, 4.69) is 75.9 Å². The number of hydrogen-bond donors (Lipinski definition) is 1. The Morgan fingerprint density at radius 3 is 2.52 bits per heavy atom. The van der Waals surface area contributed by atoms with Gasteiger partial charge < -0.3 is 15.0 Å². The Balaban J connectivity index is 1.09. The predicted molar refractivity (Wildman–Crippen MR) is 175 cm³/mol. The van der Waals surface area contributed by atoms with E-state index in [1.807, 2.05) is 24.3 Å². The van der Waals surface area contributed by atoms with Crippen LogP contribution in [-0.4, -0.2) is 50.2 Å². The van der Waals surface area contributed by atoms with Crippen molar-refractivity contribution in [1.82, 2.24) is 20.1 Å². The number of anilines is 1. The summed E-state index contributed by atoms with van der Waals surface area (Å²) >= 11 is 1.63. The lowest BCUT2D eigenvalue weighted by molar-refractivity contribution is -0.274. The first-order valence-electron chi connectivity index (χ1n) is 15.3. The van der Waals surface area contributed by atoms with Crippen LogP contribution < -0.4 is 15.0 Å². The first-order chi connectivity index (χ1) is 22.0. The molecule has 1 saturated carbocycles. The van der Waals surface area contributed by atoms with E-state index < -0.39 is 6.36 Å². The molecular weight excluding hydrogens is 613 g/mol. The Kier molecular flexibility index (Phi) is 8.82. The lowest BCUT2D eigenvalue weighted by Gasteiger charge is -2.37. The lowest BCUT2D eigenvalue weighted by atomic mass is 9.95. The second-order valence-corrected chi connectivity index (χ2v) is 13.0. The number of carbonyl (C=O) groups is 1. The van der Waals surface area contributed by atoms with E-state index >= 15 is 0 Å². The van der Waals surface area contributed by atoms with Gasteiger partial charge in [-0.3, -0.25) is 0 Å². The summed E-state index contributed by atoms with van der Waals surface area (Å²) in [6, 6.07) is 19.5. The number of hydrogen-bond acceptors (Lipinski definition) is 5. The number of rotatable bonds is 7. The monoisotopic (exact) mass is 648 g/mol. The molecule has 0 bridgehead atoms. The molecule has 0 spiro atoms. The van der Waals surface area contributed by atoms with Crippen LogP contribution in [0.5, 0.6) is 5.75 Å². The molecule has 3 unspecified atom stereocenters. The van der Waals surface area contributed by atoms with Gasteiger partial charge in [-0.2, -0.15) is 4.99 Å². The molecule has 46 heavy (non-hydrogen) atoms. The number of ether oxygens (including phenoxy) is 1. The minimum Gasteiger partial charge on any atom is -0.406 e. The third-order valence-electron chi connectivity index (χ3n) is 8.27. The van der Waals surface area contributed by atoms with Crippen molar-refractivity contribution in [2.75, 3.05) is 10.7 Å². The number of nitrogens with one attached hydrogen (secondary N) is 1. The summed E-state index contributed by atoms with van der Waals surface area (Å²) in [5.74, 6) is 1.64. The fraction of sp³-hybridized carbons (Fsp3) is 0.353. The first-order valence-corrected chi connectivity index (χ1v) is 16.2. The molecule has 12 heteroatoms. The molecule has 3 atom stereocenters. The fourth-order valence-corrected chi connectivity index (χ4v) is 7.17. The van der Waals surface area contributed by atoms with E-state index in [-0.39, 0.29) is 29.8 Å². The molecule has 1 aromatic heterocycles. The summed E-state index contributed by atoms with van der Waals surface area (Å²) < 4.78 is 42.8. The third kappa shape index (κ3) is 7.06. The normalized spacial score (nSPS) is 20.7. The molecule has 6 rings (SSSR count). The number of amidine groups is 1. The molecule has 1 N–H and O–H groups in total. The molecule has 1 aliphatic carbocycles. The van der Waals surface area contributed by atoms with Crippen LogP contribution in [0.2, 0.25) is 0 Å². The molecule has 2 heterocycles. The van der Waals surface area contributed by atoms with Gasteiger partial charge in [0.15, 0.2) is 11.0 Å². The number of aliphatic imine (C=N–C) groups is 1. The molecule has 2 aliphatic rings. The number of urea groups is 1. The third-order valence-corrected chi connectivity index (χ3v) is 9.26. The number of amides is 2. The first kappa shape index (κ1) is 31.7. The van der Waals surface area contributed by atoms with Crippen molar-refractivity contribution in [2.24, 2.45) is 4.99 Å². The van der Waals surface area contributed by atoms with Crippen molar-refractivity contribution >= 4 is 28.6 Å². The van der Waals surface area contributed by atoms with Gasteiger partial charge in [0.1, 0.15) is 12.1 Å². The summed E-state index contributed by atoms with van der Waals surface area (Å²) in [6.07, 6.45) is -1.39. The van der Waals surface area contributed by atoms with E-state index in [4.69, 9.17) is 0 Å². The molecule has 1 aliphatic heterocycles. The van der Waals surface area contributed by atoms with Gasteiger partial charge in [-0.1, -0.05) is 62.0 Å². The molecular formula is C34H35F3N6O2S. The molecule has 2 amide bonds. The smallest absolute Gasteiger partial charge is 0.406 e. The van der Waals surface area contributed by atoms with E-state index in [9.17, 15) is 18.0 Å². The average Bonchev–Trinajstić information content (AvgIpc) is 3.58. The Bertz CT molecular complexity index is 1740. The SMILES string of the molecule is Cc1cccc(N2/C(=N/C(=O)NC3CC3c3ccc(-c4ncn(-c5ccc(OC(F)(F)F)cc5)n4)cc3)SCCC2C)c1C(C)C. The van der Waals surface area contributed by atoms with Crippen molar-refractivity contribution in [3.8, 4) is 22.8 Å². The highest BCUT2D eigenvalue weighted by atomic mass is 32.2. The maximum absolute atomic E-state index is 13.1. The largest absolute Gasteiger partial charge is 0.573 e. The lowest BCUT2D eigenvalue weighted by Crippen LogP contribution is -2.43. The van der Waals surface area contributed by atoms with Crippen LogP contribution in [0.3, 0.4) is 0 Å². The number of halogens is 3. The van der Waals surface area contributed by atoms with E-state index in [1.165, 1.54) is 46.4 Å². The standard InChI is InChI=1S/C34H35F3N6O2S/c1-20(2)30-21(3)6-5-7-29(30)43-22(4)16-17-46-33(43)40-32(44)39-28-18-27(28)23-8-10-24(11-9-23)31-38-19-42(41-31)25-12-14-26(15-13-25)45-34(35,36)37/h5-15,19-20,22,27-28H,16-18H2,1-4H3,(H,39,44)/b40-33-. The van der Waals surface area contributed by atoms with Gasteiger partial charge in [0.05, 0.1) is 5.69 Å². The zero-order chi connectivity index (χ0) is 32.6. The minimum atomic E-state index is -4.75. The van der Waals surface area contributed by atoms with Crippen molar-refractivity contribution in [2.45, 2.75) is 70.8 Å². The van der Waals surface area contributed by atoms with Crippen LogP contribution in [0.15, 0.2) is 78.0 Å². The van der Waals surface area contributed by atoms with Crippen molar-refractivity contribution in [3.05, 3.63) is 89.7 Å². The zero-order valence-electron chi connectivity index (χ0n) is 26.0. The second kappa shape index (κ2) is 12.8. The molecule has 3 aromatic carbocycles. The highest BCUT2D eigenvalue weighted by Gasteiger charge is 2.40. The number of carbonyl (C=O) groups excluding carboxylic acids is 1. The Morgan fingerprint density at radius 1 is 1.09 bits per heavy atom. The second-order valence-electron chi connectivity index (χ2n) is 12.0. The van der Waals surface area contributed by atoms with Gasteiger partial charge in [0, 0.05) is 35.0 Å². The van der Waals surface area contributed by atoms with Gasteiger partial charge in [-0.25, -0.2) is 14.5 Å². The van der Waals surface area contributed by atoms with Gasteiger partial charge >= 0.3 is 12.4 Å². The molecule has 8 nitrogen and oxygen atoms in total. The summed E-state index contributed by atoms with van der Waals surface area (Å²) in [5.41, 5.74) is 6.10. The molecule has 1 saturated heterocycles. The van der Waals surface area contributed by atoms with Crippen LogP contribution in [-0.2, 0) is 0 Å². The van der Waals surface area contributed by atoms with Crippen LogP contribution in [0.1, 0.15) is 62.1 Å². The number of thioether (sulfide) groups is 1.